The molecular formula is C25H21BrFN5O3. The molecule has 0 aliphatic carbocycles. The molecule has 1 aliphatic heterocycles. The number of anilines is 1. The first kappa shape index (κ1) is 23.0. The van der Waals surface area contributed by atoms with Crippen LogP contribution >= 0.6 is 15.9 Å². The van der Waals surface area contributed by atoms with Crippen molar-refractivity contribution in [3.05, 3.63) is 78.0 Å². The minimum Gasteiger partial charge on any atom is -0.457 e. The number of nitrogens with one attached hydrogen (secondary N) is 2. The molecule has 1 saturated heterocycles. The topological polar surface area (TPSA) is 100 Å². The summed E-state index contributed by atoms with van der Waals surface area (Å²) in [4.78, 5) is 38.6. The number of ether oxygens (including phenoxy) is 1. The Balaban J connectivity index is 1.40. The van der Waals surface area contributed by atoms with Gasteiger partial charge in [0.25, 0.3) is 0 Å². The predicted molar refractivity (Wildman–Crippen MR) is 133 cm³/mol. The van der Waals surface area contributed by atoms with Gasteiger partial charge in [0.1, 0.15) is 35.1 Å². The van der Waals surface area contributed by atoms with Gasteiger partial charge in [-0.2, -0.15) is 0 Å². The molecule has 0 spiro atoms. The first-order valence-electron chi connectivity index (χ1n) is 11.0. The van der Waals surface area contributed by atoms with E-state index in [4.69, 9.17) is 4.74 Å². The number of rotatable bonds is 7. The van der Waals surface area contributed by atoms with E-state index >= 15 is 0 Å². The first-order chi connectivity index (χ1) is 17.0. The van der Waals surface area contributed by atoms with E-state index in [9.17, 15) is 14.0 Å². The standard InChI is InChI=1S/C25H21BrFN5O3/c26-11-21(33)32-9-8-15(13-32)31-25-22-19(12-28-24(22)29-14-30-25)23(34)18-7-6-17(10-20(18)27)35-16-4-2-1-3-5-16/h1-7,10,12,14-15H,8-9,11,13H2,(H2,28,29,30,31). The third kappa shape index (κ3) is 4.74. The number of hydrogen-bond acceptors (Lipinski definition) is 6. The molecule has 10 heteroatoms. The molecule has 2 N–H and O–H groups in total. The summed E-state index contributed by atoms with van der Waals surface area (Å²) in [5.41, 5.74) is 0.628. The third-order valence-electron chi connectivity index (χ3n) is 5.87. The maximum atomic E-state index is 15.0. The second-order valence-corrected chi connectivity index (χ2v) is 8.70. The summed E-state index contributed by atoms with van der Waals surface area (Å²) in [5, 5.41) is 4.08. The average molecular weight is 538 g/mol. The van der Waals surface area contributed by atoms with E-state index in [2.05, 4.69) is 36.2 Å². The molecule has 1 aliphatic rings. The van der Waals surface area contributed by atoms with Crippen molar-refractivity contribution in [2.24, 2.45) is 0 Å². The highest BCUT2D eigenvalue weighted by molar-refractivity contribution is 9.09. The number of likely N-dealkylation sites (tertiary alicyclic amines) is 1. The van der Waals surface area contributed by atoms with Crippen molar-refractivity contribution in [2.75, 3.05) is 23.7 Å². The van der Waals surface area contributed by atoms with E-state index in [-0.39, 0.29) is 28.4 Å². The maximum Gasteiger partial charge on any atom is 0.233 e. The summed E-state index contributed by atoms with van der Waals surface area (Å²) in [6.45, 7) is 1.17. The lowest BCUT2D eigenvalue weighted by molar-refractivity contribution is -0.127. The van der Waals surface area contributed by atoms with Gasteiger partial charge in [0.15, 0.2) is 5.78 Å². The van der Waals surface area contributed by atoms with E-state index in [1.54, 1.807) is 23.1 Å². The Bertz CT molecular complexity index is 1390. The van der Waals surface area contributed by atoms with Crippen molar-refractivity contribution in [1.82, 2.24) is 19.9 Å². The van der Waals surface area contributed by atoms with Gasteiger partial charge in [-0.25, -0.2) is 14.4 Å². The van der Waals surface area contributed by atoms with Crippen LogP contribution in [0.1, 0.15) is 22.3 Å². The van der Waals surface area contributed by atoms with Gasteiger partial charge in [-0.05, 0) is 30.7 Å². The Kier molecular flexibility index (Phi) is 6.45. The number of fused-ring (bicyclic) bond motifs is 1. The fraction of sp³-hybridized carbons (Fsp3) is 0.200. The van der Waals surface area contributed by atoms with Crippen LogP contribution in [0.25, 0.3) is 11.0 Å². The van der Waals surface area contributed by atoms with Crippen molar-refractivity contribution in [3.63, 3.8) is 0 Å². The number of para-hydroxylation sites is 1. The fourth-order valence-corrected chi connectivity index (χ4v) is 4.50. The van der Waals surface area contributed by atoms with E-state index in [0.29, 0.717) is 41.4 Å². The Morgan fingerprint density at radius 1 is 1.14 bits per heavy atom. The monoisotopic (exact) mass is 537 g/mol. The molecule has 8 nitrogen and oxygen atoms in total. The number of aromatic amines is 1. The van der Waals surface area contributed by atoms with Gasteiger partial charge < -0.3 is 19.9 Å². The molecule has 1 amide bonds. The van der Waals surface area contributed by atoms with Crippen molar-refractivity contribution >= 4 is 44.5 Å². The van der Waals surface area contributed by atoms with Gasteiger partial charge >= 0.3 is 0 Å². The molecule has 2 aromatic heterocycles. The highest BCUT2D eigenvalue weighted by Crippen LogP contribution is 2.29. The van der Waals surface area contributed by atoms with Crippen LogP contribution in [0.4, 0.5) is 10.2 Å². The summed E-state index contributed by atoms with van der Waals surface area (Å²) in [5.74, 6) is 0.152. The zero-order chi connectivity index (χ0) is 24.4. The number of carbonyl (C=O) groups is 2. The molecule has 0 bridgehead atoms. The van der Waals surface area contributed by atoms with Crippen molar-refractivity contribution < 1.29 is 18.7 Å². The van der Waals surface area contributed by atoms with Gasteiger partial charge in [0.05, 0.1) is 21.8 Å². The van der Waals surface area contributed by atoms with Crippen molar-refractivity contribution in [2.45, 2.75) is 12.5 Å². The van der Waals surface area contributed by atoms with Gasteiger partial charge in [-0.3, -0.25) is 9.59 Å². The summed E-state index contributed by atoms with van der Waals surface area (Å²) in [6, 6.07) is 13.1. The summed E-state index contributed by atoms with van der Waals surface area (Å²) >= 11 is 3.20. The second kappa shape index (κ2) is 9.83. The molecule has 4 aromatic rings. The lowest BCUT2D eigenvalue weighted by Gasteiger charge is -2.17. The van der Waals surface area contributed by atoms with E-state index < -0.39 is 11.6 Å². The molecule has 35 heavy (non-hydrogen) atoms. The van der Waals surface area contributed by atoms with E-state index in [1.165, 1.54) is 24.7 Å². The van der Waals surface area contributed by atoms with E-state index in [0.717, 1.165) is 6.42 Å². The number of halogens is 2. The Hall–Kier alpha value is -3.79. The molecular weight excluding hydrogens is 517 g/mol. The fourth-order valence-electron chi connectivity index (χ4n) is 4.15. The van der Waals surface area contributed by atoms with Crippen LogP contribution in [0.5, 0.6) is 11.5 Å². The number of carbonyl (C=O) groups excluding carboxylic acids is 2. The average Bonchev–Trinajstić information content (AvgIpc) is 3.52. The van der Waals surface area contributed by atoms with Crippen LogP contribution in [-0.2, 0) is 4.79 Å². The molecule has 1 fully saturated rings. The number of hydrogen-bond donors (Lipinski definition) is 2. The maximum absolute atomic E-state index is 15.0. The van der Waals surface area contributed by atoms with Gasteiger partial charge in [0, 0.05) is 31.4 Å². The van der Waals surface area contributed by atoms with Crippen LogP contribution in [0.3, 0.4) is 0 Å². The quantitative estimate of drug-likeness (QED) is 0.265. The Morgan fingerprint density at radius 2 is 1.97 bits per heavy atom. The van der Waals surface area contributed by atoms with Crippen LogP contribution in [0, 0.1) is 5.82 Å². The van der Waals surface area contributed by atoms with Crippen LogP contribution in [0.2, 0.25) is 0 Å². The summed E-state index contributed by atoms with van der Waals surface area (Å²) in [6.07, 6.45) is 3.65. The summed E-state index contributed by atoms with van der Waals surface area (Å²) < 4.78 is 20.6. The largest absolute Gasteiger partial charge is 0.457 e. The third-order valence-corrected chi connectivity index (χ3v) is 6.35. The lowest BCUT2D eigenvalue weighted by atomic mass is 10.0. The van der Waals surface area contributed by atoms with Gasteiger partial charge in [0.2, 0.25) is 5.91 Å². The van der Waals surface area contributed by atoms with Crippen LogP contribution in [0.15, 0.2) is 61.1 Å². The zero-order valence-corrected chi connectivity index (χ0v) is 20.1. The number of alkyl halides is 1. The highest BCUT2D eigenvalue weighted by atomic mass is 79.9. The van der Waals surface area contributed by atoms with Crippen LogP contribution < -0.4 is 10.1 Å². The molecule has 2 aromatic carbocycles. The number of benzene rings is 2. The molecule has 1 atom stereocenters. The number of nitrogens with zero attached hydrogens (tertiary/aromatic N) is 3. The normalized spacial score (nSPS) is 15.4. The number of amides is 1. The highest BCUT2D eigenvalue weighted by Gasteiger charge is 2.27. The first-order valence-corrected chi connectivity index (χ1v) is 12.1. The molecule has 1 unspecified atom stereocenters. The zero-order valence-electron chi connectivity index (χ0n) is 18.5. The molecule has 178 valence electrons. The predicted octanol–water partition coefficient (Wildman–Crippen LogP) is 4.53. The molecule has 0 saturated carbocycles. The van der Waals surface area contributed by atoms with Crippen molar-refractivity contribution in [3.8, 4) is 11.5 Å². The lowest BCUT2D eigenvalue weighted by Crippen LogP contribution is -2.32. The molecule has 3 heterocycles. The smallest absolute Gasteiger partial charge is 0.233 e. The molecule has 5 rings (SSSR count). The number of ketones is 1. The van der Waals surface area contributed by atoms with Crippen molar-refractivity contribution in [1.29, 1.82) is 0 Å². The van der Waals surface area contributed by atoms with Crippen LogP contribution in [-0.4, -0.2) is 56.0 Å². The number of aromatic nitrogens is 3. The second-order valence-electron chi connectivity index (χ2n) is 8.14. The SMILES string of the molecule is O=C(c1ccc(Oc2ccccc2)cc1F)c1c[nH]c2ncnc(NC3CCN(C(=O)CBr)C3)c12. The van der Waals surface area contributed by atoms with Gasteiger partial charge in [-0.1, -0.05) is 34.1 Å². The Labute approximate surface area is 208 Å². The Morgan fingerprint density at radius 3 is 2.74 bits per heavy atom. The number of H-pyrrole nitrogens is 1. The van der Waals surface area contributed by atoms with E-state index in [1.807, 2.05) is 18.2 Å². The summed E-state index contributed by atoms with van der Waals surface area (Å²) in [7, 11) is 0. The van der Waals surface area contributed by atoms with Gasteiger partial charge in [-0.15, -0.1) is 0 Å². The minimum atomic E-state index is -0.691. The molecule has 0 radical (unpaired) electrons. The minimum absolute atomic E-state index is 0.0230.